The van der Waals surface area contributed by atoms with Gasteiger partial charge in [-0.2, -0.15) is 0 Å². The van der Waals surface area contributed by atoms with Crippen molar-refractivity contribution < 1.29 is 0 Å². The molecule has 0 saturated carbocycles. The van der Waals surface area contributed by atoms with Gasteiger partial charge in [-0.15, -0.1) is 0 Å². The van der Waals surface area contributed by atoms with E-state index in [-0.39, 0.29) is 0 Å². The maximum atomic E-state index is 4.74. The van der Waals surface area contributed by atoms with E-state index in [4.69, 9.17) is 9.97 Å². The average Bonchev–Trinajstić information content (AvgIpc) is 2.71. The SMILES string of the molecule is CC.CC.Cc1ccc2nc3c(nc2c1)C=CC(C)CC3. The molecule has 1 aromatic heterocycles. The lowest BCUT2D eigenvalue weighted by molar-refractivity contribution is 0.648. The van der Waals surface area contributed by atoms with Gasteiger partial charge in [0.2, 0.25) is 0 Å². The molecule has 1 heterocycles. The number of rotatable bonds is 0. The predicted octanol–water partition coefficient (Wildman–Crippen LogP) is 5.59. The molecule has 0 spiro atoms. The molecule has 3 rings (SSSR count). The summed E-state index contributed by atoms with van der Waals surface area (Å²) in [5, 5.41) is 0. The van der Waals surface area contributed by atoms with Gasteiger partial charge in [-0.25, -0.2) is 9.97 Å². The molecule has 2 aromatic rings. The second-order valence-electron chi connectivity index (χ2n) is 4.92. The van der Waals surface area contributed by atoms with Gasteiger partial charge < -0.3 is 0 Å². The van der Waals surface area contributed by atoms with E-state index in [1.54, 1.807) is 0 Å². The fraction of sp³-hybridized carbons (Fsp3) is 0.474. The highest BCUT2D eigenvalue weighted by atomic mass is 14.8. The molecule has 0 aliphatic heterocycles. The molecular weight excluding hydrogens is 256 g/mol. The molecular formula is C19H28N2. The number of aryl methyl sites for hydroxylation is 2. The van der Waals surface area contributed by atoms with Crippen LogP contribution < -0.4 is 0 Å². The van der Waals surface area contributed by atoms with E-state index >= 15 is 0 Å². The lowest BCUT2D eigenvalue weighted by Crippen LogP contribution is -1.98. The Kier molecular flexibility index (Phi) is 7.07. The Morgan fingerprint density at radius 2 is 1.71 bits per heavy atom. The van der Waals surface area contributed by atoms with Gasteiger partial charge in [-0.3, -0.25) is 0 Å². The van der Waals surface area contributed by atoms with Gasteiger partial charge in [-0.1, -0.05) is 46.8 Å². The Morgan fingerprint density at radius 1 is 1.00 bits per heavy atom. The fourth-order valence-corrected chi connectivity index (χ4v) is 2.25. The minimum Gasteiger partial charge on any atom is -0.249 e. The highest BCUT2D eigenvalue weighted by Gasteiger charge is 2.11. The highest BCUT2D eigenvalue weighted by molar-refractivity contribution is 5.76. The van der Waals surface area contributed by atoms with Gasteiger partial charge in [0.25, 0.3) is 0 Å². The lowest BCUT2D eigenvalue weighted by atomic mass is 10.1. The first kappa shape index (κ1) is 17.4. The van der Waals surface area contributed by atoms with Crippen molar-refractivity contribution in [3.8, 4) is 0 Å². The van der Waals surface area contributed by atoms with Gasteiger partial charge in [0.1, 0.15) is 0 Å². The van der Waals surface area contributed by atoms with Crippen molar-refractivity contribution in [2.45, 2.75) is 54.4 Å². The molecule has 1 unspecified atom stereocenters. The van der Waals surface area contributed by atoms with Gasteiger partial charge in [0.05, 0.1) is 22.4 Å². The van der Waals surface area contributed by atoms with Crippen molar-refractivity contribution in [1.82, 2.24) is 9.97 Å². The van der Waals surface area contributed by atoms with Crippen LogP contribution in [0.25, 0.3) is 17.1 Å². The van der Waals surface area contributed by atoms with Crippen molar-refractivity contribution in [1.29, 1.82) is 0 Å². The van der Waals surface area contributed by atoms with E-state index < -0.39 is 0 Å². The topological polar surface area (TPSA) is 25.8 Å². The summed E-state index contributed by atoms with van der Waals surface area (Å²) in [4.78, 5) is 9.46. The minimum absolute atomic E-state index is 0.621. The summed E-state index contributed by atoms with van der Waals surface area (Å²) in [5.41, 5.74) is 5.44. The van der Waals surface area contributed by atoms with Crippen LogP contribution in [-0.2, 0) is 6.42 Å². The van der Waals surface area contributed by atoms with E-state index in [1.807, 2.05) is 27.7 Å². The van der Waals surface area contributed by atoms with Crippen LogP contribution in [0.5, 0.6) is 0 Å². The second-order valence-corrected chi connectivity index (χ2v) is 4.92. The predicted molar refractivity (Wildman–Crippen MR) is 93.5 cm³/mol. The van der Waals surface area contributed by atoms with E-state index in [9.17, 15) is 0 Å². The van der Waals surface area contributed by atoms with Gasteiger partial charge in [-0.05, 0) is 49.5 Å². The summed E-state index contributed by atoms with van der Waals surface area (Å²) in [6.45, 7) is 12.3. The maximum Gasteiger partial charge on any atom is 0.0896 e. The van der Waals surface area contributed by atoms with E-state index in [0.29, 0.717) is 5.92 Å². The summed E-state index contributed by atoms with van der Waals surface area (Å²) in [5.74, 6) is 0.621. The third-order valence-electron chi connectivity index (χ3n) is 3.34. The number of aromatic nitrogens is 2. The molecule has 0 N–H and O–H groups in total. The largest absolute Gasteiger partial charge is 0.249 e. The molecule has 1 atom stereocenters. The van der Waals surface area contributed by atoms with Crippen LogP contribution in [0.3, 0.4) is 0 Å². The van der Waals surface area contributed by atoms with Crippen molar-refractivity contribution in [3.05, 3.63) is 41.2 Å². The average molecular weight is 284 g/mol. The molecule has 1 aliphatic carbocycles. The molecule has 0 saturated heterocycles. The van der Waals surface area contributed by atoms with Crippen molar-refractivity contribution in [3.63, 3.8) is 0 Å². The zero-order valence-corrected chi connectivity index (χ0v) is 14.3. The molecule has 1 aromatic carbocycles. The third-order valence-corrected chi connectivity index (χ3v) is 3.34. The normalized spacial score (nSPS) is 16.0. The molecule has 2 nitrogen and oxygen atoms in total. The van der Waals surface area contributed by atoms with Crippen LogP contribution in [-0.4, -0.2) is 9.97 Å². The summed E-state index contributed by atoms with van der Waals surface area (Å²) in [6, 6.07) is 6.26. The Bertz CT molecular complexity index is 600. The molecule has 2 heteroatoms. The number of benzene rings is 1. The summed E-state index contributed by atoms with van der Waals surface area (Å²) in [6.07, 6.45) is 6.56. The third kappa shape index (κ3) is 4.38. The Morgan fingerprint density at radius 3 is 2.43 bits per heavy atom. The van der Waals surface area contributed by atoms with Crippen LogP contribution in [0.1, 0.15) is 58.0 Å². The maximum absolute atomic E-state index is 4.74. The van der Waals surface area contributed by atoms with E-state index in [2.05, 4.69) is 44.2 Å². The number of fused-ring (bicyclic) bond motifs is 2. The fourth-order valence-electron chi connectivity index (χ4n) is 2.25. The number of nitrogens with zero attached hydrogens (tertiary/aromatic N) is 2. The Hall–Kier alpha value is -1.70. The summed E-state index contributed by atoms with van der Waals surface area (Å²) >= 11 is 0. The van der Waals surface area contributed by atoms with Gasteiger partial charge in [0.15, 0.2) is 0 Å². The monoisotopic (exact) mass is 284 g/mol. The molecule has 1 aliphatic rings. The number of hydrogen-bond acceptors (Lipinski definition) is 2. The van der Waals surface area contributed by atoms with E-state index in [1.165, 1.54) is 5.56 Å². The van der Waals surface area contributed by atoms with Crippen molar-refractivity contribution in [2.75, 3.05) is 0 Å². The first-order valence-corrected chi connectivity index (χ1v) is 8.18. The Balaban J connectivity index is 0.000000510. The minimum atomic E-state index is 0.621. The quantitative estimate of drug-likeness (QED) is 0.630. The zero-order chi connectivity index (χ0) is 15.8. The first-order valence-electron chi connectivity index (χ1n) is 8.18. The molecule has 0 bridgehead atoms. The smallest absolute Gasteiger partial charge is 0.0896 e. The Labute approximate surface area is 129 Å². The van der Waals surface area contributed by atoms with Gasteiger partial charge >= 0.3 is 0 Å². The van der Waals surface area contributed by atoms with Crippen LogP contribution in [0.4, 0.5) is 0 Å². The first-order chi connectivity index (χ1) is 10.2. The summed E-state index contributed by atoms with van der Waals surface area (Å²) < 4.78 is 0. The van der Waals surface area contributed by atoms with Crippen LogP contribution in [0, 0.1) is 12.8 Å². The van der Waals surface area contributed by atoms with Crippen molar-refractivity contribution >= 4 is 17.1 Å². The molecule has 21 heavy (non-hydrogen) atoms. The lowest BCUT2D eigenvalue weighted by Gasteiger charge is -2.06. The molecule has 0 amide bonds. The molecule has 0 radical (unpaired) electrons. The van der Waals surface area contributed by atoms with Crippen LogP contribution >= 0.6 is 0 Å². The number of allylic oxidation sites excluding steroid dienone is 1. The second kappa shape index (κ2) is 8.56. The molecule has 0 fully saturated rings. The summed E-state index contributed by atoms with van der Waals surface area (Å²) in [7, 11) is 0. The molecule has 114 valence electrons. The van der Waals surface area contributed by atoms with E-state index in [0.717, 1.165) is 35.3 Å². The standard InChI is InChI=1S/C15H16N2.2C2H6/c1-10-3-6-12-13(7-4-10)17-15-9-11(2)5-8-14(15)16-12;2*1-2/h4-5,7-10H,3,6H2,1-2H3;2*1-2H3. The van der Waals surface area contributed by atoms with Gasteiger partial charge in [0, 0.05) is 0 Å². The number of hydrogen-bond donors (Lipinski definition) is 0. The van der Waals surface area contributed by atoms with Crippen LogP contribution in [0.15, 0.2) is 24.3 Å². The van der Waals surface area contributed by atoms with Crippen molar-refractivity contribution in [2.24, 2.45) is 5.92 Å². The zero-order valence-electron chi connectivity index (χ0n) is 14.3. The highest BCUT2D eigenvalue weighted by Crippen LogP contribution is 2.22. The van der Waals surface area contributed by atoms with Crippen LogP contribution in [0.2, 0.25) is 0 Å².